The molecule has 0 aliphatic rings. The maximum atomic E-state index is 13.9. The maximum Gasteiger partial charge on any atom is 0.151 e. The van der Waals surface area contributed by atoms with Crippen LogP contribution in [0.15, 0.2) is 18.2 Å². The van der Waals surface area contributed by atoms with Crippen molar-refractivity contribution in [2.24, 2.45) is 0 Å². The predicted molar refractivity (Wildman–Crippen MR) is 71.2 cm³/mol. The Morgan fingerprint density at radius 3 is 2.44 bits per heavy atom. The second-order valence-electron chi connectivity index (χ2n) is 4.38. The SMILES string of the molecule is CNc1nnc(-c2cc(C)ccc2F)c(C)c1C. The minimum Gasteiger partial charge on any atom is -0.371 e. The van der Waals surface area contributed by atoms with Crippen LogP contribution in [0.1, 0.15) is 16.7 Å². The van der Waals surface area contributed by atoms with Crippen molar-refractivity contribution in [2.45, 2.75) is 20.8 Å². The summed E-state index contributed by atoms with van der Waals surface area (Å²) in [4.78, 5) is 0. The molecule has 0 radical (unpaired) electrons. The summed E-state index contributed by atoms with van der Waals surface area (Å²) in [7, 11) is 1.80. The molecule has 0 unspecified atom stereocenters. The molecule has 2 rings (SSSR count). The molecule has 1 N–H and O–H groups in total. The van der Waals surface area contributed by atoms with Crippen LogP contribution >= 0.6 is 0 Å². The largest absolute Gasteiger partial charge is 0.371 e. The van der Waals surface area contributed by atoms with Crippen molar-refractivity contribution in [3.8, 4) is 11.3 Å². The van der Waals surface area contributed by atoms with Crippen LogP contribution in [0, 0.1) is 26.6 Å². The number of rotatable bonds is 2. The Balaban J connectivity index is 2.65. The van der Waals surface area contributed by atoms with Crippen LogP contribution in [0.3, 0.4) is 0 Å². The molecule has 0 saturated carbocycles. The highest BCUT2D eigenvalue weighted by molar-refractivity contribution is 5.67. The smallest absolute Gasteiger partial charge is 0.151 e. The van der Waals surface area contributed by atoms with Gasteiger partial charge in [0.2, 0.25) is 0 Å². The molecule has 0 aliphatic heterocycles. The molecule has 0 aliphatic carbocycles. The molecule has 18 heavy (non-hydrogen) atoms. The molecule has 1 heterocycles. The van der Waals surface area contributed by atoms with Gasteiger partial charge in [0.25, 0.3) is 0 Å². The first kappa shape index (κ1) is 12.5. The molecule has 2 aromatic rings. The van der Waals surface area contributed by atoms with E-state index in [2.05, 4.69) is 15.5 Å². The zero-order valence-corrected chi connectivity index (χ0v) is 11.0. The van der Waals surface area contributed by atoms with Gasteiger partial charge in [-0.05, 0) is 44.0 Å². The third kappa shape index (κ3) is 2.06. The van der Waals surface area contributed by atoms with E-state index >= 15 is 0 Å². The number of hydrogen-bond donors (Lipinski definition) is 1. The highest BCUT2D eigenvalue weighted by Crippen LogP contribution is 2.28. The molecule has 94 valence electrons. The zero-order valence-electron chi connectivity index (χ0n) is 11.0. The van der Waals surface area contributed by atoms with Crippen LogP contribution in [0.4, 0.5) is 10.2 Å². The fourth-order valence-corrected chi connectivity index (χ4v) is 1.92. The molecule has 0 spiro atoms. The summed E-state index contributed by atoms with van der Waals surface area (Å²) in [6.07, 6.45) is 0. The van der Waals surface area contributed by atoms with Gasteiger partial charge in [-0.1, -0.05) is 11.6 Å². The highest BCUT2D eigenvalue weighted by Gasteiger charge is 2.14. The molecule has 0 atom stereocenters. The second kappa shape index (κ2) is 4.72. The van der Waals surface area contributed by atoms with E-state index in [1.165, 1.54) is 6.07 Å². The van der Waals surface area contributed by atoms with Crippen molar-refractivity contribution in [3.63, 3.8) is 0 Å². The maximum absolute atomic E-state index is 13.9. The number of halogens is 1. The van der Waals surface area contributed by atoms with Gasteiger partial charge in [-0.15, -0.1) is 10.2 Å². The number of aryl methyl sites for hydroxylation is 1. The van der Waals surface area contributed by atoms with Crippen molar-refractivity contribution in [1.82, 2.24) is 10.2 Å². The van der Waals surface area contributed by atoms with E-state index in [0.717, 1.165) is 22.5 Å². The van der Waals surface area contributed by atoms with E-state index in [4.69, 9.17) is 0 Å². The summed E-state index contributed by atoms with van der Waals surface area (Å²) < 4.78 is 13.9. The number of nitrogens with zero attached hydrogens (tertiary/aromatic N) is 2. The van der Waals surface area contributed by atoms with E-state index < -0.39 is 0 Å². The van der Waals surface area contributed by atoms with Gasteiger partial charge in [0.05, 0.1) is 5.69 Å². The molecule has 0 amide bonds. The number of nitrogens with one attached hydrogen (secondary N) is 1. The van der Waals surface area contributed by atoms with Crippen molar-refractivity contribution < 1.29 is 4.39 Å². The summed E-state index contributed by atoms with van der Waals surface area (Å²) >= 11 is 0. The lowest BCUT2D eigenvalue weighted by atomic mass is 10.0. The molecule has 1 aromatic heterocycles. The monoisotopic (exact) mass is 245 g/mol. The molecule has 4 heteroatoms. The van der Waals surface area contributed by atoms with Gasteiger partial charge >= 0.3 is 0 Å². The summed E-state index contributed by atoms with van der Waals surface area (Å²) in [6, 6.07) is 5.01. The van der Waals surface area contributed by atoms with Gasteiger partial charge in [0, 0.05) is 12.6 Å². The third-order valence-electron chi connectivity index (χ3n) is 3.14. The van der Waals surface area contributed by atoms with E-state index in [9.17, 15) is 4.39 Å². The normalized spacial score (nSPS) is 10.5. The summed E-state index contributed by atoms with van der Waals surface area (Å²) in [5.74, 6) is 0.457. The quantitative estimate of drug-likeness (QED) is 0.882. The molecule has 0 fully saturated rings. The van der Waals surface area contributed by atoms with E-state index in [0.29, 0.717) is 11.3 Å². The number of aromatic nitrogens is 2. The molecule has 0 bridgehead atoms. The summed E-state index contributed by atoms with van der Waals surface area (Å²) in [5.41, 5.74) is 4.05. The fraction of sp³-hybridized carbons (Fsp3) is 0.286. The average molecular weight is 245 g/mol. The zero-order chi connectivity index (χ0) is 13.3. The van der Waals surface area contributed by atoms with E-state index in [-0.39, 0.29) is 5.82 Å². The Labute approximate surface area is 106 Å². The Morgan fingerprint density at radius 1 is 1.06 bits per heavy atom. The first-order valence-corrected chi connectivity index (χ1v) is 5.82. The van der Waals surface area contributed by atoms with Crippen LogP contribution in [-0.2, 0) is 0 Å². The van der Waals surface area contributed by atoms with Crippen molar-refractivity contribution in [3.05, 3.63) is 40.7 Å². The van der Waals surface area contributed by atoms with Gasteiger partial charge < -0.3 is 5.32 Å². The van der Waals surface area contributed by atoms with Gasteiger partial charge in [0.1, 0.15) is 5.82 Å². The minimum atomic E-state index is -0.269. The van der Waals surface area contributed by atoms with Crippen LogP contribution in [0.5, 0.6) is 0 Å². The van der Waals surface area contributed by atoms with Gasteiger partial charge in [-0.2, -0.15) is 0 Å². The Bertz CT molecular complexity index is 594. The molecule has 1 aromatic carbocycles. The highest BCUT2D eigenvalue weighted by atomic mass is 19.1. The van der Waals surface area contributed by atoms with Crippen molar-refractivity contribution in [2.75, 3.05) is 12.4 Å². The van der Waals surface area contributed by atoms with Crippen LogP contribution in [0.25, 0.3) is 11.3 Å². The Hall–Kier alpha value is -1.97. The molecule has 3 nitrogen and oxygen atoms in total. The lowest BCUT2D eigenvalue weighted by Gasteiger charge is -2.11. The number of benzene rings is 1. The lowest BCUT2D eigenvalue weighted by Crippen LogP contribution is -2.03. The van der Waals surface area contributed by atoms with Gasteiger partial charge in [0.15, 0.2) is 5.82 Å². The average Bonchev–Trinajstić information content (AvgIpc) is 2.36. The van der Waals surface area contributed by atoms with Crippen molar-refractivity contribution in [1.29, 1.82) is 0 Å². The fourth-order valence-electron chi connectivity index (χ4n) is 1.92. The molecule has 0 saturated heterocycles. The Kier molecular flexibility index (Phi) is 3.28. The molecular formula is C14H16FN3. The standard InChI is InChI=1S/C14H16FN3/c1-8-5-6-12(15)11(7-8)13-9(2)10(3)14(16-4)18-17-13/h5-7H,1-4H3,(H,16,18). The van der Waals surface area contributed by atoms with Gasteiger partial charge in [-0.25, -0.2) is 4.39 Å². The Morgan fingerprint density at radius 2 is 1.78 bits per heavy atom. The topological polar surface area (TPSA) is 37.8 Å². The lowest BCUT2D eigenvalue weighted by molar-refractivity contribution is 0.629. The van der Waals surface area contributed by atoms with Crippen LogP contribution in [0.2, 0.25) is 0 Å². The number of anilines is 1. The van der Waals surface area contributed by atoms with E-state index in [1.54, 1.807) is 19.2 Å². The summed E-state index contributed by atoms with van der Waals surface area (Å²) in [5, 5.41) is 11.2. The summed E-state index contributed by atoms with van der Waals surface area (Å²) in [6.45, 7) is 5.82. The van der Waals surface area contributed by atoms with Crippen molar-refractivity contribution >= 4 is 5.82 Å². The van der Waals surface area contributed by atoms with Gasteiger partial charge in [-0.3, -0.25) is 0 Å². The first-order chi connectivity index (χ1) is 8.54. The van der Waals surface area contributed by atoms with E-state index in [1.807, 2.05) is 20.8 Å². The predicted octanol–water partition coefficient (Wildman–Crippen LogP) is 3.25. The first-order valence-electron chi connectivity index (χ1n) is 5.82. The van der Waals surface area contributed by atoms with Crippen LogP contribution in [-0.4, -0.2) is 17.2 Å². The number of hydrogen-bond acceptors (Lipinski definition) is 3. The van der Waals surface area contributed by atoms with Crippen LogP contribution < -0.4 is 5.32 Å². The molecular weight excluding hydrogens is 229 g/mol. The second-order valence-corrected chi connectivity index (χ2v) is 4.38. The third-order valence-corrected chi connectivity index (χ3v) is 3.14. The minimum absolute atomic E-state index is 0.269.